The van der Waals surface area contributed by atoms with Gasteiger partial charge in [-0.3, -0.25) is 14.5 Å². The van der Waals surface area contributed by atoms with Crippen molar-refractivity contribution in [3.05, 3.63) is 51.0 Å². The van der Waals surface area contributed by atoms with Gasteiger partial charge < -0.3 is 9.52 Å². The first kappa shape index (κ1) is 21.9. The van der Waals surface area contributed by atoms with Gasteiger partial charge in [-0.05, 0) is 37.1 Å². The van der Waals surface area contributed by atoms with Crippen LogP contribution in [0.3, 0.4) is 0 Å². The summed E-state index contributed by atoms with van der Waals surface area (Å²) in [6.45, 7) is 0.475. The molecule has 1 fully saturated rings. The second-order valence-electron chi connectivity index (χ2n) is 6.34. The minimum absolute atomic E-state index is 0.135. The number of carbonyl (C=O) groups is 2. The number of rotatable bonds is 8. The standard InChI is InChI=1S/C20H17Cl2NO4S2/c21-14-6-4-5-13(18(14)22)15-9-8-12(27-15)11-16-19(26)23(20(28)29-16)10-3-1-2-7-17(24)25/h4-6,8-9,11H,1-3,7,10H2,(H,24,25)/b16-11-. The smallest absolute Gasteiger partial charge is 0.303 e. The number of unbranched alkanes of at least 4 members (excludes halogenated alkanes) is 2. The highest BCUT2D eigenvalue weighted by atomic mass is 35.5. The van der Waals surface area contributed by atoms with E-state index in [0.29, 0.717) is 55.7 Å². The number of carbonyl (C=O) groups excluding carboxylic acids is 1. The van der Waals surface area contributed by atoms with Crippen LogP contribution in [0.2, 0.25) is 10.0 Å². The highest BCUT2D eigenvalue weighted by Crippen LogP contribution is 2.36. The van der Waals surface area contributed by atoms with Crippen LogP contribution in [0.4, 0.5) is 0 Å². The molecule has 3 rings (SSSR count). The van der Waals surface area contributed by atoms with E-state index in [1.54, 1.807) is 41.3 Å². The molecule has 5 nitrogen and oxygen atoms in total. The van der Waals surface area contributed by atoms with Gasteiger partial charge in [-0.15, -0.1) is 0 Å². The first-order valence-electron chi connectivity index (χ1n) is 8.88. The molecule has 2 aromatic rings. The quantitative estimate of drug-likeness (QED) is 0.286. The van der Waals surface area contributed by atoms with Crippen LogP contribution >= 0.6 is 47.2 Å². The van der Waals surface area contributed by atoms with Gasteiger partial charge in [0.2, 0.25) is 0 Å². The van der Waals surface area contributed by atoms with Crippen molar-refractivity contribution in [1.29, 1.82) is 0 Å². The van der Waals surface area contributed by atoms with Crippen molar-refractivity contribution < 1.29 is 19.1 Å². The van der Waals surface area contributed by atoms with E-state index < -0.39 is 5.97 Å². The second-order valence-corrected chi connectivity index (χ2v) is 8.80. The SMILES string of the molecule is O=C(O)CCCCCN1C(=O)/C(=C/c2ccc(-c3cccc(Cl)c3Cl)o2)SC1=S. The Labute approximate surface area is 187 Å². The Morgan fingerprint density at radius 1 is 1.21 bits per heavy atom. The van der Waals surface area contributed by atoms with Gasteiger partial charge in [0.05, 0.1) is 15.0 Å². The fourth-order valence-electron chi connectivity index (χ4n) is 2.81. The summed E-state index contributed by atoms with van der Waals surface area (Å²) in [6.07, 6.45) is 3.80. The molecule has 0 spiro atoms. The number of aliphatic carboxylic acids is 1. The van der Waals surface area contributed by atoms with Gasteiger partial charge in [-0.25, -0.2) is 0 Å². The maximum Gasteiger partial charge on any atom is 0.303 e. The number of benzene rings is 1. The average molecular weight is 470 g/mol. The molecule has 1 aromatic heterocycles. The van der Waals surface area contributed by atoms with Crippen LogP contribution < -0.4 is 0 Å². The summed E-state index contributed by atoms with van der Waals surface area (Å²) >= 11 is 18.8. The third kappa shape index (κ3) is 5.42. The topological polar surface area (TPSA) is 70.8 Å². The number of thiocarbonyl (C=S) groups is 1. The minimum atomic E-state index is -0.810. The Morgan fingerprint density at radius 3 is 2.76 bits per heavy atom. The number of carboxylic acid groups (broad SMARTS) is 1. The zero-order valence-corrected chi connectivity index (χ0v) is 18.3. The summed E-state index contributed by atoms with van der Waals surface area (Å²) in [6, 6.07) is 8.82. The Hall–Kier alpha value is -1.80. The Balaban J connectivity index is 1.66. The lowest BCUT2D eigenvalue weighted by Crippen LogP contribution is -2.29. The summed E-state index contributed by atoms with van der Waals surface area (Å²) < 4.78 is 6.31. The van der Waals surface area contributed by atoms with Crippen molar-refractivity contribution in [1.82, 2.24) is 4.90 Å². The predicted octanol–water partition coefficient (Wildman–Crippen LogP) is 6.10. The van der Waals surface area contributed by atoms with Crippen LogP contribution in [0, 0.1) is 0 Å². The summed E-state index contributed by atoms with van der Waals surface area (Å²) in [5, 5.41) is 9.51. The molecule has 29 heavy (non-hydrogen) atoms. The van der Waals surface area contributed by atoms with Crippen molar-refractivity contribution in [2.24, 2.45) is 0 Å². The van der Waals surface area contributed by atoms with E-state index in [2.05, 4.69) is 0 Å². The summed E-state index contributed by atoms with van der Waals surface area (Å²) in [4.78, 5) is 25.2. The molecule has 152 valence electrons. The highest BCUT2D eigenvalue weighted by Gasteiger charge is 2.31. The van der Waals surface area contributed by atoms with Crippen LogP contribution in [0.5, 0.6) is 0 Å². The number of amides is 1. The lowest BCUT2D eigenvalue weighted by molar-refractivity contribution is -0.137. The van der Waals surface area contributed by atoms with Gasteiger partial charge >= 0.3 is 5.97 Å². The largest absolute Gasteiger partial charge is 0.481 e. The van der Waals surface area contributed by atoms with Crippen LogP contribution in [-0.4, -0.2) is 32.7 Å². The summed E-state index contributed by atoms with van der Waals surface area (Å²) in [5.74, 6) is 0.0862. The van der Waals surface area contributed by atoms with Crippen LogP contribution in [0.1, 0.15) is 31.4 Å². The molecule has 1 amide bonds. The maximum atomic E-state index is 12.6. The van der Waals surface area contributed by atoms with Crippen molar-refractivity contribution in [2.45, 2.75) is 25.7 Å². The third-order valence-electron chi connectivity index (χ3n) is 4.26. The molecule has 0 radical (unpaired) electrons. The Morgan fingerprint density at radius 2 is 2.00 bits per heavy atom. The molecule has 0 unspecified atom stereocenters. The van der Waals surface area contributed by atoms with Crippen LogP contribution in [0.15, 0.2) is 39.7 Å². The third-order valence-corrected chi connectivity index (χ3v) is 6.46. The first-order valence-corrected chi connectivity index (χ1v) is 10.9. The second kappa shape index (κ2) is 9.80. The lowest BCUT2D eigenvalue weighted by Gasteiger charge is -2.13. The molecule has 1 saturated heterocycles. The molecule has 1 N–H and O–H groups in total. The Kier molecular flexibility index (Phi) is 7.40. The van der Waals surface area contributed by atoms with E-state index in [4.69, 9.17) is 44.9 Å². The number of nitrogens with zero attached hydrogens (tertiary/aromatic N) is 1. The fourth-order valence-corrected chi connectivity index (χ4v) is 4.50. The summed E-state index contributed by atoms with van der Waals surface area (Å²) in [7, 11) is 0. The monoisotopic (exact) mass is 469 g/mol. The maximum absolute atomic E-state index is 12.6. The van der Waals surface area contributed by atoms with E-state index in [1.165, 1.54) is 11.8 Å². The molecular weight excluding hydrogens is 453 g/mol. The van der Waals surface area contributed by atoms with E-state index in [0.717, 1.165) is 6.42 Å². The molecular formula is C20H17Cl2NO4S2. The van der Waals surface area contributed by atoms with Crippen molar-refractivity contribution in [2.75, 3.05) is 6.54 Å². The van der Waals surface area contributed by atoms with Crippen molar-refractivity contribution in [3.63, 3.8) is 0 Å². The molecule has 1 aliphatic rings. The van der Waals surface area contributed by atoms with Gasteiger partial charge in [-0.1, -0.05) is 59.7 Å². The number of carboxylic acids is 1. The number of halogens is 2. The average Bonchev–Trinajstić information content (AvgIpc) is 3.23. The molecule has 9 heteroatoms. The molecule has 1 aliphatic heterocycles. The normalized spacial score (nSPS) is 15.5. The van der Waals surface area contributed by atoms with E-state index in [-0.39, 0.29) is 12.3 Å². The lowest BCUT2D eigenvalue weighted by atomic mass is 10.2. The molecule has 1 aromatic carbocycles. The first-order chi connectivity index (χ1) is 13.9. The van der Waals surface area contributed by atoms with E-state index in [1.807, 2.05) is 0 Å². The zero-order chi connectivity index (χ0) is 21.0. The summed E-state index contributed by atoms with van der Waals surface area (Å²) in [5.41, 5.74) is 0.674. The number of hydrogen-bond donors (Lipinski definition) is 1. The zero-order valence-electron chi connectivity index (χ0n) is 15.2. The predicted molar refractivity (Wildman–Crippen MR) is 120 cm³/mol. The molecule has 0 bridgehead atoms. The van der Waals surface area contributed by atoms with Crippen molar-refractivity contribution >= 4 is 69.5 Å². The van der Waals surface area contributed by atoms with Crippen LogP contribution in [0.25, 0.3) is 17.4 Å². The Bertz CT molecular complexity index is 987. The van der Waals surface area contributed by atoms with Crippen molar-refractivity contribution in [3.8, 4) is 11.3 Å². The molecule has 0 aliphatic carbocycles. The molecule has 0 saturated carbocycles. The number of hydrogen-bond acceptors (Lipinski definition) is 5. The number of furan rings is 1. The molecule has 2 heterocycles. The molecule has 0 atom stereocenters. The number of thioether (sulfide) groups is 1. The van der Waals surface area contributed by atoms with Gasteiger partial charge in [0, 0.05) is 24.6 Å². The van der Waals surface area contributed by atoms with Gasteiger partial charge in [-0.2, -0.15) is 0 Å². The van der Waals surface area contributed by atoms with Gasteiger partial charge in [0.1, 0.15) is 15.8 Å². The van der Waals surface area contributed by atoms with Gasteiger partial charge in [0.25, 0.3) is 5.91 Å². The van der Waals surface area contributed by atoms with Gasteiger partial charge in [0.15, 0.2) is 0 Å². The van der Waals surface area contributed by atoms with Crippen LogP contribution in [-0.2, 0) is 9.59 Å². The highest BCUT2D eigenvalue weighted by molar-refractivity contribution is 8.26. The fraction of sp³-hybridized carbons (Fsp3) is 0.250. The van der Waals surface area contributed by atoms with E-state index in [9.17, 15) is 9.59 Å². The minimum Gasteiger partial charge on any atom is -0.481 e. The van der Waals surface area contributed by atoms with E-state index >= 15 is 0 Å².